The third-order valence-corrected chi connectivity index (χ3v) is 10.9. The van der Waals surface area contributed by atoms with Crippen molar-refractivity contribution in [2.75, 3.05) is 4.90 Å². The maximum Gasteiger partial charge on any atom is 0.0719 e. The minimum atomic E-state index is -0.545. The van der Waals surface area contributed by atoms with Crippen molar-refractivity contribution in [2.45, 2.75) is 5.41 Å². The van der Waals surface area contributed by atoms with Gasteiger partial charge in [0.2, 0.25) is 0 Å². The molecule has 0 heterocycles. The molecule has 0 radical (unpaired) electrons. The van der Waals surface area contributed by atoms with Gasteiger partial charge in [0.05, 0.1) is 5.41 Å². The molecule has 1 aliphatic rings. The summed E-state index contributed by atoms with van der Waals surface area (Å²) in [6, 6.07) is 77.9. The van der Waals surface area contributed by atoms with E-state index in [0.717, 1.165) is 17.1 Å². The van der Waals surface area contributed by atoms with E-state index < -0.39 is 5.41 Å². The van der Waals surface area contributed by atoms with E-state index in [9.17, 15) is 0 Å². The van der Waals surface area contributed by atoms with Crippen LogP contribution < -0.4 is 4.90 Å². The first-order valence-electron chi connectivity index (χ1n) is 18.0. The average Bonchev–Trinajstić information content (AvgIpc) is 3.53. The second-order valence-corrected chi connectivity index (χ2v) is 13.7. The van der Waals surface area contributed by atoms with Crippen LogP contribution in [0.1, 0.15) is 22.3 Å². The van der Waals surface area contributed by atoms with Crippen molar-refractivity contribution in [1.29, 1.82) is 0 Å². The van der Waals surface area contributed by atoms with E-state index in [1.54, 1.807) is 0 Å². The summed E-state index contributed by atoms with van der Waals surface area (Å²) in [7, 11) is 0. The molecule has 10 rings (SSSR count). The molecule has 0 N–H and O–H groups in total. The predicted octanol–water partition coefficient (Wildman–Crippen LogP) is 13.5. The van der Waals surface area contributed by atoms with Crippen molar-refractivity contribution in [1.82, 2.24) is 0 Å². The van der Waals surface area contributed by atoms with Crippen molar-refractivity contribution in [3.8, 4) is 22.3 Å². The third kappa shape index (κ3) is 4.63. The lowest BCUT2D eigenvalue weighted by atomic mass is 9.66. The first-order chi connectivity index (χ1) is 25.8. The second kappa shape index (κ2) is 12.3. The van der Waals surface area contributed by atoms with Gasteiger partial charge in [-0.2, -0.15) is 0 Å². The zero-order valence-electron chi connectivity index (χ0n) is 28.7. The van der Waals surface area contributed by atoms with Gasteiger partial charge in [-0.15, -0.1) is 0 Å². The van der Waals surface area contributed by atoms with E-state index >= 15 is 0 Å². The number of hydrogen-bond donors (Lipinski definition) is 0. The van der Waals surface area contributed by atoms with Crippen LogP contribution in [0.5, 0.6) is 0 Å². The van der Waals surface area contributed by atoms with E-state index in [4.69, 9.17) is 0 Å². The molecule has 1 heteroatoms. The Kier molecular flexibility index (Phi) is 7.11. The predicted molar refractivity (Wildman–Crippen MR) is 219 cm³/mol. The summed E-state index contributed by atoms with van der Waals surface area (Å²) in [5.74, 6) is 0. The second-order valence-electron chi connectivity index (χ2n) is 13.7. The molecule has 52 heavy (non-hydrogen) atoms. The largest absolute Gasteiger partial charge is 0.310 e. The SMILES string of the molecule is c1ccc(-c2cc3ccccc3c3c2-c2cc(N(c4ccccc4)c4ccc5ccccc5c4)ccc2C3(c2ccccc2)c2ccccc2)cc1. The third-order valence-electron chi connectivity index (χ3n) is 10.9. The number of hydrogen-bond acceptors (Lipinski definition) is 1. The van der Waals surface area contributed by atoms with Crippen LogP contribution in [0.15, 0.2) is 212 Å². The molecule has 0 aromatic heterocycles. The summed E-state index contributed by atoms with van der Waals surface area (Å²) in [6.07, 6.45) is 0. The van der Waals surface area contributed by atoms with Crippen molar-refractivity contribution in [2.24, 2.45) is 0 Å². The Morgan fingerprint density at radius 1 is 0.346 bits per heavy atom. The highest BCUT2D eigenvalue weighted by Gasteiger charge is 2.48. The molecule has 0 saturated carbocycles. The quantitative estimate of drug-likeness (QED) is 0.171. The maximum atomic E-state index is 2.45. The molecule has 9 aromatic carbocycles. The summed E-state index contributed by atoms with van der Waals surface area (Å²) in [5, 5.41) is 4.97. The van der Waals surface area contributed by atoms with Gasteiger partial charge < -0.3 is 4.90 Å². The number of nitrogens with zero attached hydrogens (tertiary/aromatic N) is 1. The fraction of sp³-hybridized carbons (Fsp3) is 0.0196. The van der Waals surface area contributed by atoms with Crippen LogP contribution in [-0.4, -0.2) is 0 Å². The van der Waals surface area contributed by atoms with Crippen molar-refractivity contribution in [3.05, 3.63) is 235 Å². The van der Waals surface area contributed by atoms with Crippen LogP contribution in [-0.2, 0) is 5.41 Å². The molecule has 0 unspecified atom stereocenters. The van der Waals surface area contributed by atoms with Gasteiger partial charge >= 0.3 is 0 Å². The lowest BCUT2D eigenvalue weighted by molar-refractivity contribution is 0.775. The number of rotatable bonds is 6. The molecule has 1 aliphatic carbocycles. The monoisotopic (exact) mass is 661 g/mol. The normalized spacial score (nSPS) is 12.8. The van der Waals surface area contributed by atoms with Gasteiger partial charge in [-0.05, 0) is 109 Å². The standard InChI is InChI=1S/C51H35N/c1-5-18-37(19-6-1)46-34-39-21-15-16-28-45(39)50-49(46)47-35-44(31-32-48(47)51(50,40-22-7-2-8-23-40)41-24-9-3-10-25-41)52(42-26-11-4-12-27-42)43-30-29-36-17-13-14-20-38(36)33-43/h1-35H. The molecule has 1 nitrogen and oxygen atoms in total. The Bertz CT molecular complexity index is 2680. The van der Waals surface area contributed by atoms with Crippen LogP contribution in [0.25, 0.3) is 43.8 Å². The zero-order chi connectivity index (χ0) is 34.5. The molecule has 0 bridgehead atoms. The van der Waals surface area contributed by atoms with E-state index in [0.29, 0.717) is 0 Å². The zero-order valence-corrected chi connectivity index (χ0v) is 28.7. The maximum absolute atomic E-state index is 2.45. The van der Waals surface area contributed by atoms with Gasteiger partial charge in [0.15, 0.2) is 0 Å². The van der Waals surface area contributed by atoms with Crippen LogP contribution in [0, 0.1) is 0 Å². The van der Waals surface area contributed by atoms with Crippen molar-refractivity contribution >= 4 is 38.6 Å². The summed E-state index contributed by atoms with van der Waals surface area (Å²) in [5.41, 5.74) is 13.0. The van der Waals surface area contributed by atoms with E-state index in [1.807, 2.05) is 0 Å². The Balaban J connectivity index is 1.34. The van der Waals surface area contributed by atoms with Gasteiger partial charge in [-0.3, -0.25) is 0 Å². The van der Waals surface area contributed by atoms with Crippen molar-refractivity contribution in [3.63, 3.8) is 0 Å². The molecule has 0 saturated heterocycles. The van der Waals surface area contributed by atoms with E-state index in [-0.39, 0.29) is 0 Å². The van der Waals surface area contributed by atoms with Gasteiger partial charge in [0, 0.05) is 17.1 Å². The molecule has 0 fully saturated rings. The first-order valence-corrected chi connectivity index (χ1v) is 18.0. The highest BCUT2D eigenvalue weighted by Crippen LogP contribution is 2.61. The molecular weight excluding hydrogens is 627 g/mol. The van der Waals surface area contributed by atoms with Crippen LogP contribution >= 0.6 is 0 Å². The van der Waals surface area contributed by atoms with E-state index in [1.165, 1.54) is 66.1 Å². The minimum absolute atomic E-state index is 0.545. The summed E-state index contributed by atoms with van der Waals surface area (Å²) in [6.45, 7) is 0. The molecule has 9 aromatic rings. The molecule has 244 valence electrons. The number of para-hydroxylation sites is 1. The van der Waals surface area contributed by atoms with E-state index in [2.05, 4.69) is 217 Å². The molecule has 0 spiro atoms. The lowest BCUT2D eigenvalue weighted by Gasteiger charge is -2.35. The summed E-state index contributed by atoms with van der Waals surface area (Å²) < 4.78 is 0. The van der Waals surface area contributed by atoms with Crippen molar-refractivity contribution < 1.29 is 0 Å². The molecule has 0 atom stereocenters. The fourth-order valence-electron chi connectivity index (χ4n) is 8.68. The van der Waals surface area contributed by atoms with Gasteiger partial charge in [-0.25, -0.2) is 0 Å². The Labute approximate surface area is 304 Å². The highest BCUT2D eigenvalue weighted by molar-refractivity contribution is 6.07. The summed E-state index contributed by atoms with van der Waals surface area (Å²) in [4.78, 5) is 2.40. The molecule has 0 amide bonds. The van der Waals surface area contributed by atoms with Crippen LogP contribution in [0.3, 0.4) is 0 Å². The summed E-state index contributed by atoms with van der Waals surface area (Å²) >= 11 is 0. The highest BCUT2D eigenvalue weighted by atomic mass is 15.1. The lowest BCUT2D eigenvalue weighted by Crippen LogP contribution is -2.29. The van der Waals surface area contributed by atoms with Gasteiger partial charge in [0.1, 0.15) is 0 Å². The number of benzene rings is 9. The first kappa shape index (κ1) is 30.2. The number of anilines is 3. The average molecular weight is 662 g/mol. The Morgan fingerprint density at radius 2 is 0.885 bits per heavy atom. The molecular formula is C51H35N. The Hall–Kier alpha value is -6.70. The smallest absolute Gasteiger partial charge is 0.0719 e. The minimum Gasteiger partial charge on any atom is -0.310 e. The Morgan fingerprint density at radius 3 is 1.58 bits per heavy atom. The van der Waals surface area contributed by atoms with Crippen LogP contribution in [0.2, 0.25) is 0 Å². The van der Waals surface area contributed by atoms with Crippen LogP contribution in [0.4, 0.5) is 17.1 Å². The van der Waals surface area contributed by atoms with Gasteiger partial charge in [-0.1, -0.05) is 170 Å². The fourth-order valence-corrected chi connectivity index (χ4v) is 8.68. The number of fused-ring (bicyclic) bond motifs is 6. The molecule has 0 aliphatic heterocycles. The van der Waals surface area contributed by atoms with Gasteiger partial charge in [0.25, 0.3) is 0 Å². The topological polar surface area (TPSA) is 3.24 Å².